The van der Waals surface area contributed by atoms with Crippen LogP contribution in [0.1, 0.15) is 32.1 Å². The molecule has 3 aromatic rings. The molecule has 0 N–H and O–H groups in total. The summed E-state index contributed by atoms with van der Waals surface area (Å²) >= 11 is 5.94. The molecule has 2 heterocycles. The van der Waals surface area contributed by atoms with Crippen molar-refractivity contribution in [1.82, 2.24) is 18.8 Å². The van der Waals surface area contributed by atoms with Gasteiger partial charge < -0.3 is 4.74 Å². The molecule has 0 spiro atoms. The predicted octanol–water partition coefficient (Wildman–Crippen LogP) is 3.54. The van der Waals surface area contributed by atoms with Crippen LogP contribution in [-0.4, -0.2) is 66.6 Å². The van der Waals surface area contributed by atoms with Crippen molar-refractivity contribution in [2.24, 2.45) is 0 Å². The van der Waals surface area contributed by atoms with Gasteiger partial charge in [-0.1, -0.05) is 30.7 Å². The van der Waals surface area contributed by atoms with Gasteiger partial charge in [-0.15, -0.1) is 0 Å². The fraction of sp³-hybridized carbons (Fsp3) is 0.440. The Balaban J connectivity index is 1.64. The van der Waals surface area contributed by atoms with Gasteiger partial charge in [-0.3, -0.25) is 14.3 Å². The number of nitrogens with zero attached hydrogens (tertiary/aromatic N) is 4. The second-order valence-corrected chi connectivity index (χ2v) is 11.1. The Morgan fingerprint density at radius 2 is 1.86 bits per heavy atom. The van der Waals surface area contributed by atoms with E-state index in [9.17, 15) is 13.2 Å². The van der Waals surface area contributed by atoms with Crippen LogP contribution in [0.25, 0.3) is 10.9 Å². The van der Waals surface area contributed by atoms with Gasteiger partial charge in [0.2, 0.25) is 10.0 Å². The minimum Gasteiger partial charge on any atom is -0.383 e. The van der Waals surface area contributed by atoms with E-state index in [0.29, 0.717) is 54.5 Å². The van der Waals surface area contributed by atoms with Crippen LogP contribution in [0.15, 0.2) is 58.2 Å². The fourth-order valence-electron chi connectivity index (χ4n) is 4.79. The second kappa shape index (κ2) is 10.8. The molecule has 1 aromatic heterocycles. The summed E-state index contributed by atoms with van der Waals surface area (Å²) in [6.45, 7) is 6.18. The smallest absolute Gasteiger partial charge is 0.261 e. The topological polar surface area (TPSA) is 84.7 Å². The number of para-hydroxylation sites is 1. The number of benzene rings is 2. The molecule has 0 aliphatic carbocycles. The minimum absolute atomic E-state index is 0.0851. The van der Waals surface area contributed by atoms with Gasteiger partial charge in [0, 0.05) is 37.8 Å². The number of fused-ring (bicyclic) bond motifs is 1. The maximum atomic E-state index is 13.3. The van der Waals surface area contributed by atoms with Crippen LogP contribution in [0.5, 0.6) is 0 Å². The molecule has 1 aliphatic rings. The molecule has 1 aliphatic heterocycles. The molecule has 2 atom stereocenters. The zero-order valence-corrected chi connectivity index (χ0v) is 21.8. The summed E-state index contributed by atoms with van der Waals surface area (Å²) in [6.07, 6.45) is 0.731. The summed E-state index contributed by atoms with van der Waals surface area (Å²) in [6, 6.07) is 13.2. The first kappa shape index (κ1) is 25.8. The number of rotatable bonds is 8. The van der Waals surface area contributed by atoms with E-state index in [1.54, 1.807) is 46.3 Å². The van der Waals surface area contributed by atoms with Crippen molar-refractivity contribution < 1.29 is 13.2 Å². The van der Waals surface area contributed by atoms with Gasteiger partial charge in [0.25, 0.3) is 5.56 Å². The third kappa shape index (κ3) is 5.15. The molecule has 2 aromatic carbocycles. The molecule has 0 amide bonds. The van der Waals surface area contributed by atoms with E-state index in [-0.39, 0.29) is 22.5 Å². The molecule has 8 nitrogen and oxygen atoms in total. The Morgan fingerprint density at radius 1 is 1.14 bits per heavy atom. The second-order valence-electron chi connectivity index (χ2n) is 8.77. The lowest BCUT2D eigenvalue weighted by atomic mass is 10.1. The number of halogens is 1. The Labute approximate surface area is 211 Å². The molecule has 4 rings (SSSR count). The Bertz CT molecular complexity index is 1340. The van der Waals surface area contributed by atoms with Crippen LogP contribution in [0.3, 0.4) is 0 Å². The number of methoxy groups -OCH3 is 1. The number of hydrogen-bond donors (Lipinski definition) is 0. The van der Waals surface area contributed by atoms with Gasteiger partial charge in [-0.05, 0) is 49.7 Å². The Hall–Kier alpha value is -2.30. The van der Waals surface area contributed by atoms with Crippen molar-refractivity contribution >= 4 is 32.5 Å². The van der Waals surface area contributed by atoms with Gasteiger partial charge in [-0.25, -0.2) is 13.4 Å². The van der Waals surface area contributed by atoms with E-state index < -0.39 is 10.0 Å². The Morgan fingerprint density at radius 3 is 2.51 bits per heavy atom. The highest BCUT2D eigenvalue weighted by Gasteiger charge is 2.37. The van der Waals surface area contributed by atoms with E-state index in [0.717, 1.165) is 6.42 Å². The highest BCUT2D eigenvalue weighted by Crippen LogP contribution is 2.29. The zero-order valence-electron chi connectivity index (χ0n) is 20.2. The minimum atomic E-state index is -3.64. The largest absolute Gasteiger partial charge is 0.383 e. The average molecular weight is 519 g/mol. The lowest BCUT2D eigenvalue weighted by Crippen LogP contribution is -2.55. The van der Waals surface area contributed by atoms with Crippen LogP contribution in [0, 0.1) is 0 Å². The van der Waals surface area contributed by atoms with Crippen LogP contribution in [0.4, 0.5) is 0 Å². The third-order valence-electron chi connectivity index (χ3n) is 6.55. The van der Waals surface area contributed by atoms with Crippen molar-refractivity contribution in [2.75, 3.05) is 33.4 Å². The summed E-state index contributed by atoms with van der Waals surface area (Å²) in [7, 11) is -2.03. The molecule has 10 heteroatoms. The van der Waals surface area contributed by atoms with Crippen molar-refractivity contribution in [3.8, 4) is 0 Å². The molecular weight excluding hydrogens is 488 g/mol. The monoisotopic (exact) mass is 518 g/mol. The normalized spacial score (nSPS) is 18.7. The summed E-state index contributed by atoms with van der Waals surface area (Å²) in [5.74, 6) is 0.689. The van der Waals surface area contributed by atoms with Crippen molar-refractivity contribution in [3.05, 3.63) is 69.7 Å². The molecular formula is C25H31ClN4O4S. The molecule has 0 radical (unpaired) electrons. The van der Waals surface area contributed by atoms with Crippen molar-refractivity contribution in [1.29, 1.82) is 0 Å². The van der Waals surface area contributed by atoms with E-state index in [2.05, 4.69) is 11.8 Å². The lowest BCUT2D eigenvalue weighted by Gasteiger charge is -2.42. The van der Waals surface area contributed by atoms with Crippen molar-refractivity contribution in [2.45, 2.75) is 43.8 Å². The summed E-state index contributed by atoms with van der Waals surface area (Å²) < 4.78 is 35.1. The summed E-state index contributed by atoms with van der Waals surface area (Å²) in [4.78, 5) is 20.7. The first-order valence-corrected chi connectivity index (χ1v) is 13.6. The Kier molecular flexibility index (Phi) is 7.92. The first-order valence-electron chi connectivity index (χ1n) is 11.8. The number of piperazine rings is 1. The zero-order chi connectivity index (χ0) is 25.2. The highest BCUT2D eigenvalue weighted by molar-refractivity contribution is 7.89. The van der Waals surface area contributed by atoms with E-state index in [1.807, 2.05) is 25.1 Å². The molecule has 188 valence electrons. The van der Waals surface area contributed by atoms with Gasteiger partial charge in [-0.2, -0.15) is 4.31 Å². The lowest BCUT2D eigenvalue weighted by molar-refractivity contribution is 0.0918. The van der Waals surface area contributed by atoms with E-state index in [1.165, 1.54) is 0 Å². The molecule has 0 saturated carbocycles. The SMILES string of the molecule is CCC(c1nc2ccccc2c(=O)n1CCOC)N1CCN(S(=O)(=O)c2ccc(Cl)cc2)C(C)C1. The van der Waals surface area contributed by atoms with E-state index >= 15 is 0 Å². The number of ether oxygens (including phenoxy) is 1. The van der Waals surface area contributed by atoms with Crippen molar-refractivity contribution in [3.63, 3.8) is 0 Å². The van der Waals surface area contributed by atoms with Crippen LogP contribution in [0.2, 0.25) is 5.02 Å². The van der Waals surface area contributed by atoms with E-state index in [4.69, 9.17) is 21.3 Å². The highest BCUT2D eigenvalue weighted by atomic mass is 35.5. The number of aromatic nitrogens is 2. The predicted molar refractivity (Wildman–Crippen MR) is 137 cm³/mol. The number of hydrogen-bond acceptors (Lipinski definition) is 6. The van der Waals surface area contributed by atoms with Gasteiger partial charge in [0.1, 0.15) is 5.82 Å². The molecule has 35 heavy (non-hydrogen) atoms. The number of sulfonamides is 1. The van der Waals surface area contributed by atoms with Gasteiger partial charge >= 0.3 is 0 Å². The standard InChI is InChI=1S/C25H31ClN4O4S/c1-4-23(24-27-22-8-6-5-7-21(22)25(31)29(24)15-16-34-3)28-13-14-30(18(2)17-28)35(32,33)20-11-9-19(26)10-12-20/h5-12,18,23H,4,13-17H2,1-3H3. The molecule has 1 fully saturated rings. The van der Waals surface area contributed by atoms with Crippen LogP contribution < -0.4 is 5.56 Å². The molecule has 0 bridgehead atoms. The fourth-order valence-corrected chi connectivity index (χ4v) is 6.53. The van der Waals surface area contributed by atoms with Gasteiger partial charge in [0.15, 0.2) is 0 Å². The van der Waals surface area contributed by atoms with Gasteiger partial charge in [0.05, 0.1) is 35.0 Å². The maximum Gasteiger partial charge on any atom is 0.261 e. The summed E-state index contributed by atoms with van der Waals surface area (Å²) in [5.41, 5.74) is 0.578. The average Bonchev–Trinajstić information content (AvgIpc) is 2.84. The van der Waals surface area contributed by atoms with Crippen LogP contribution >= 0.6 is 11.6 Å². The first-order chi connectivity index (χ1) is 16.8. The molecule has 2 unspecified atom stereocenters. The quantitative estimate of drug-likeness (QED) is 0.453. The molecule has 1 saturated heterocycles. The van der Waals surface area contributed by atoms with Crippen LogP contribution in [-0.2, 0) is 21.3 Å². The summed E-state index contributed by atoms with van der Waals surface area (Å²) in [5, 5.41) is 1.07. The third-order valence-corrected chi connectivity index (χ3v) is 8.83. The maximum absolute atomic E-state index is 13.3.